The number of aromatic amines is 1. The lowest BCUT2D eigenvalue weighted by Gasteiger charge is -2.32. The second-order valence-corrected chi connectivity index (χ2v) is 7.60. The van der Waals surface area contributed by atoms with Crippen LogP contribution in [-0.4, -0.2) is 35.3 Å². The maximum Gasteiger partial charge on any atom is 0.127 e. The predicted molar refractivity (Wildman–Crippen MR) is 109 cm³/mol. The van der Waals surface area contributed by atoms with Gasteiger partial charge in [-0.2, -0.15) is 5.10 Å². The van der Waals surface area contributed by atoms with Gasteiger partial charge in [-0.15, -0.1) is 0 Å². The fourth-order valence-corrected chi connectivity index (χ4v) is 4.12. The summed E-state index contributed by atoms with van der Waals surface area (Å²) in [5.41, 5.74) is 5.47. The highest BCUT2D eigenvalue weighted by molar-refractivity contribution is 5.66. The van der Waals surface area contributed by atoms with Gasteiger partial charge in [0.1, 0.15) is 11.6 Å². The number of rotatable bonds is 5. The number of benzene rings is 2. The van der Waals surface area contributed by atoms with Gasteiger partial charge >= 0.3 is 0 Å². The third kappa shape index (κ3) is 3.94. The Labute approximate surface area is 165 Å². The van der Waals surface area contributed by atoms with Crippen LogP contribution in [-0.2, 0) is 6.54 Å². The summed E-state index contributed by atoms with van der Waals surface area (Å²) in [6, 6.07) is 13.5. The van der Waals surface area contributed by atoms with Gasteiger partial charge in [-0.1, -0.05) is 29.8 Å². The maximum atomic E-state index is 14.3. The minimum atomic E-state index is -0.176. The van der Waals surface area contributed by atoms with Crippen LogP contribution in [0, 0.1) is 12.7 Å². The Balaban J connectivity index is 1.53. The molecule has 1 aromatic heterocycles. The number of methoxy groups -OCH3 is 1. The van der Waals surface area contributed by atoms with Crippen LogP contribution in [0.3, 0.4) is 0 Å². The summed E-state index contributed by atoms with van der Waals surface area (Å²) in [4.78, 5) is 2.33. The Morgan fingerprint density at radius 1 is 1.25 bits per heavy atom. The molecule has 146 valence electrons. The monoisotopic (exact) mass is 379 g/mol. The summed E-state index contributed by atoms with van der Waals surface area (Å²) in [6.07, 6.45) is 4.12. The van der Waals surface area contributed by atoms with E-state index in [9.17, 15) is 4.39 Å². The Morgan fingerprint density at radius 2 is 2.14 bits per heavy atom. The predicted octanol–water partition coefficient (Wildman–Crippen LogP) is 4.91. The van der Waals surface area contributed by atoms with Gasteiger partial charge in [0.15, 0.2) is 0 Å². The molecule has 0 radical (unpaired) electrons. The first-order valence-corrected chi connectivity index (χ1v) is 9.79. The number of aryl methyl sites for hydroxylation is 1. The molecule has 4 rings (SSSR count). The van der Waals surface area contributed by atoms with Crippen molar-refractivity contribution in [2.75, 3.05) is 20.2 Å². The second kappa shape index (κ2) is 8.15. The molecule has 0 spiro atoms. The number of hydrogen-bond acceptors (Lipinski definition) is 3. The van der Waals surface area contributed by atoms with Crippen molar-refractivity contribution in [3.05, 3.63) is 71.3 Å². The van der Waals surface area contributed by atoms with Crippen molar-refractivity contribution < 1.29 is 9.13 Å². The van der Waals surface area contributed by atoms with Crippen molar-refractivity contribution in [1.29, 1.82) is 0 Å². The molecule has 5 heteroatoms. The number of nitrogens with one attached hydrogen (secondary N) is 1. The Morgan fingerprint density at radius 3 is 2.96 bits per heavy atom. The molecule has 1 N–H and O–H groups in total. The number of hydrogen-bond donors (Lipinski definition) is 1. The lowest BCUT2D eigenvalue weighted by molar-refractivity contribution is 0.196. The first-order valence-electron chi connectivity index (χ1n) is 9.79. The van der Waals surface area contributed by atoms with Gasteiger partial charge in [-0.05, 0) is 50.1 Å². The molecule has 0 bridgehead atoms. The molecule has 1 aliphatic rings. The fourth-order valence-electron chi connectivity index (χ4n) is 4.12. The lowest BCUT2D eigenvalue weighted by Crippen LogP contribution is -2.34. The van der Waals surface area contributed by atoms with E-state index in [1.807, 2.05) is 6.20 Å². The van der Waals surface area contributed by atoms with Crippen molar-refractivity contribution in [2.45, 2.75) is 32.2 Å². The van der Waals surface area contributed by atoms with E-state index in [0.29, 0.717) is 23.8 Å². The van der Waals surface area contributed by atoms with Crippen LogP contribution in [0.5, 0.6) is 5.75 Å². The van der Waals surface area contributed by atoms with Gasteiger partial charge < -0.3 is 4.74 Å². The number of H-pyrrole nitrogens is 1. The van der Waals surface area contributed by atoms with Gasteiger partial charge in [0.2, 0.25) is 0 Å². The van der Waals surface area contributed by atoms with Crippen LogP contribution >= 0.6 is 0 Å². The first-order chi connectivity index (χ1) is 13.6. The number of halogens is 1. The summed E-state index contributed by atoms with van der Waals surface area (Å²) in [5, 5.41) is 7.57. The highest BCUT2D eigenvalue weighted by atomic mass is 19.1. The fraction of sp³-hybridized carbons (Fsp3) is 0.348. The third-order valence-corrected chi connectivity index (χ3v) is 5.56. The number of nitrogens with zero attached hydrogens (tertiary/aromatic N) is 2. The molecule has 28 heavy (non-hydrogen) atoms. The largest absolute Gasteiger partial charge is 0.497 e. The molecule has 2 aromatic carbocycles. The molecule has 0 amide bonds. The van der Waals surface area contributed by atoms with Crippen LogP contribution in [0.2, 0.25) is 0 Å². The van der Waals surface area contributed by atoms with E-state index in [1.165, 1.54) is 28.5 Å². The summed E-state index contributed by atoms with van der Waals surface area (Å²) < 4.78 is 19.5. The topological polar surface area (TPSA) is 41.1 Å². The van der Waals surface area contributed by atoms with E-state index >= 15 is 0 Å². The van der Waals surface area contributed by atoms with E-state index in [0.717, 1.165) is 25.9 Å². The smallest absolute Gasteiger partial charge is 0.127 e. The lowest BCUT2D eigenvalue weighted by atomic mass is 9.90. The molecule has 4 nitrogen and oxygen atoms in total. The molecule has 0 saturated carbocycles. The molecule has 1 aliphatic heterocycles. The SMILES string of the molecule is COc1ccc(F)c(CN2CCCC(c3[nH]ncc3-c3cccc(C)c3)C2)c1. The summed E-state index contributed by atoms with van der Waals surface area (Å²) in [7, 11) is 1.61. The van der Waals surface area contributed by atoms with Crippen molar-refractivity contribution in [3.63, 3.8) is 0 Å². The number of likely N-dealkylation sites (tertiary alicyclic amines) is 1. The summed E-state index contributed by atoms with van der Waals surface area (Å²) in [6.45, 7) is 4.56. The van der Waals surface area contributed by atoms with Gasteiger partial charge in [0.25, 0.3) is 0 Å². The summed E-state index contributed by atoms with van der Waals surface area (Å²) in [5.74, 6) is 0.880. The highest BCUT2D eigenvalue weighted by Gasteiger charge is 2.25. The Kier molecular flexibility index (Phi) is 5.44. The van der Waals surface area contributed by atoms with Crippen LogP contribution in [0.25, 0.3) is 11.1 Å². The zero-order valence-corrected chi connectivity index (χ0v) is 16.4. The molecule has 2 heterocycles. The standard InChI is InChI=1S/C23H26FN3O/c1-16-5-3-6-17(11-16)21-13-25-26-23(21)18-7-4-10-27(14-18)15-19-12-20(28-2)8-9-22(19)24/h3,5-6,8-9,11-13,18H,4,7,10,14-15H2,1-2H3,(H,25,26). The first kappa shape index (κ1) is 18.7. The molecule has 1 atom stereocenters. The van der Waals surface area contributed by atoms with Crippen LogP contribution in [0.4, 0.5) is 4.39 Å². The van der Waals surface area contributed by atoms with E-state index < -0.39 is 0 Å². The minimum absolute atomic E-state index is 0.176. The van der Waals surface area contributed by atoms with E-state index in [-0.39, 0.29) is 5.82 Å². The van der Waals surface area contributed by atoms with E-state index in [2.05, 4.69) is 46.3 Å². The van der Waals surface area contributed by atoms with Crippen molar-refractivity contribution >= 4 is 0 Å². The molecule has 0 aliphatic carbocycles. The van der Waals surface area contributed by atoms with Gasteiger partial charge in [0, 0.05) is 35.8 Å². The maximum absolute atomic E-state index is 14.3. The number of aromatic nitrogens is 2. The van der Waals surface area contributed by atoms with Crippen molar-refractivity contribution in [2.24, 2.45) is 0 Å². The Bertz CT molecular complexity index is 953. The second-order valence-electron chi connectivity index (χ2n) is 7.60. The van der Waals surface area contributed by atoms with Crippen molar-refractivity contribution in [1.82, 2.24) is 15.1 Å². The summed E-state index contributed by atoms with van der Waals surface area (Å²) >= 11 is 0. The number of ether oxygens (including phenoxy) is 1. The van der Waals surface area contributed by atoms with Gasteiger partial charge in [-0.25, -0.2) is 4.39 Å². The normalized spacial score (nSPS) is 17.6. The zero-order chi connectivity index (χ0) is 19.5. The van der Waals surface area contributed by atoms with E-state index in [4.69, 9.17) is 4.74 Å². The molecule has 3 aromatic rings. The molecule has 1 unspecified atom stereocenters. The zero-order valence-electron chi connectivity index (χ0n) is 16.4. The van der Waals surface area contributed by atoms with Crippen LogP contribution < -0.4 is 4.74 Å². The van der Waals surface area contributed by atoms with Gasteiger partial charge in [-0.3, -0.25) is 10.00 Å². The molecule has 1 saturated heterocycles. The minimum Gasteiger partial charge on any atom is -0.497 e. The average molecular weight is 379 g/mol. The molecular weight excluding hydrogens is 353 g/mol. The van der Waals surface area contributed by atoms with E-state index in [1.54, 1.807) is 19.2 Å². The molecular formula is C23H26FN3O. The Hall–Kier alpha value is -2.66. The average Bonchev–Trinajstić information content (AvgIpc) is 3.20. The quantitative estimate of drug-likeness (QED) is 0.685. The molecule has 1 fully saturated rings. The van der Waals surface area contributed by atoms with Crippen LogP contribution in [0.1, 0.15) is 35.6 Å². The van der Waals surface area contributed by atoms with Gasteiger partial charge in [0.05, 0.1) is 13.3 Å². The highest BCUT2D eigenvalue weighted by Crippen LogP contribution is 2.34. The third-order valence-electron chi connectivity index (χ3n) is 5.56. The van der Waals surface area contributed by atoms with Crippen molar-refractivity contribution in [3.8, 4) is 16.9 Å². The number of piperidine rings is 1. The van der Waals surface area contributed by atoms with Crippen LogP contribution in [0.15, 0.2) is 48.7 Å².